The lowest BCUT2D eigenvalue weighted by Crippen LogP contribution is -2.41. The molecule has 0 bridgehead atoms. The molecule has 0 spiro atoms. The lowest BCUT2D eigenvalue weighted by Gasteiger charge is -2.36. The molecule has 1 aromatic carbocycles. The Morgan fingerprint density at radius 1 is 1.26 bits per heavy atom. The largest absolute Gasteiger partial charge is 0.388 e. The Labute approximate surface area is 223 Å². The number of nitrogens with one attached hydrogen (secondary N) is 1. The van der Waals surface area contributed by atoms with Crippen LogP contribution in [0.4, 0.5) is 10.1 Å². The van der Waals surface area contributed by atoms with Gasteiger partial charge in [-0.1, -0.05) is 12.7 Å². The number of pyridine rings is 1. The molecule has 0 amide bonds. The van der Waals surface area contributed by atoms with E-state index in [1.165, 1.54) is 13.0 Å². The number of carbonyl (C=O) groups excluding carboxylic acids is 1. The first-order valence-electron chi connectivity index (χ1n) is 12.6. The maximum Gasteiger partial charge on any atom is 0.257 e. The molecule has 2 aliphatic rings. The number of carbonyl (C=O) groups is 1. The standard InChI is InChI=1S/C30H34FN5O2/c1-19-16-28(34(6)33-11-7-27(19)36-14-10-25(32-5)18-29(36)38)21(3)35-12-8-23(9-13-35)30-20(2)15-24(22(4)37)17-26(30)31/h7-8,10-11,14-18,21,32H,1,9,12-13H2,2-6H3/b27-7+,28-16-,33-11-. The van der Waals surface area contributed by atoms with E-state index in [1.807, 2.05) is 31.1 Å². The number of likely N-dealkylation sites (N-methyl/N-ethyl adjacent to an activating group) is 1. The number of halogens is 1. The maximum atomic E-state index is 14.9. The minimum atomic E-state index is -0.353. The Balaban J connectivity index is 1.58. The van der Waals surface area contributed by atoms with Crippen LogP contribution in [0.2, 0.25) is 0 Å². The molecule has 0 aliphatic carbocycles. The Morgan fingerprint density at radius 2 is 2.03 bits per heavy atom. The molecule has 0 fully saturated rings. The summed E-state index contributed by atoms with van der Waals surface area (Å²) in [7, 11) is 3.66. The summed E-state index contributed by atoms with van der Waals surface area (Å²) in [5, 5.41) is 9.33. The number of aromatic nitrogens is 1. The fraction of sp³-hybridized carbons (Fsp3) is 0.300. The monoisotopic (exact) mass is 515 g/mol. The van der Waals surface area contributed by atoms with Crippen molar-refractivity contribution in [2.24, 2.45) is 5.10 Å². The van der Waals surface area contributed by atoms with Gasteiger partial charge in [-0.15, -0.1) is 0 Å². The van der Waals surface area contributed by atoms with Gasteiger partial charge in [-0.3, -0.25) is 24.1 Å². The third kappa shape index (κ3) is 5.45. The quantitative estimate of drug-likeness (QED) is 0.553. The minimum Gasteiger partial charge on any atom is -0.388 e. The summed E-state index contributed by atoms with van der Waals surface area (Å²) in [5.41, 5.74) is 5.56. The lowest BCUT2D eigenvalue weighted by atomic mass is 9.92. The average molecular weight is 516 g/mol. The summed E-state index contributed by atoms with van der Waals surface area (Å²) < 4.78 is 16.5. The van der Waals surface area contributed by atoms with Crippen molar-refractivity contribution in [1.29, 1.82) is 0 Å². The van der Waals surface area contributed by atoms with Gasteiger partial charge in [-0.05, 0) is 74.3 Å². The Hall–Kier alpha value is -4.04. The SMILES string of the molecule is C=C1/C=C(/C(C)N2CC=C(c3c(C)cc(C(C)=O)cc3F)CC2)N(C)/N=C\C=C/1n1ccc(NC)cc1=O. The molecule has 4 rings (SSSR count). The number of ketones is 1. The molecule has 0 saturated carbocycles. The summed E-state index contributed by atoms with van der Waals surface area (Å²) in [4.78, 5) is 26.7. The van der Waals surface area contributed by atoms with Crippen molar-refractivity contribution < 1.29 is 9.18 Å². The molecule has 8 heteroatoms. The van der Waals surface area contributed by atoms with E-state index in [4.69, 9.17) is 0 Å². The van der Waals surface area contributed by atoms with Gasteiger partial charge < -0.3 is 5.32 Å². The van der Waals surface area contributed by atoms with Gasteiger partial charge in [0.05, 0.1) is 11.4 Å². The normalized spacial score (nSPS) is 20.8. The van der Waals surface area contributed by atoms with Gasteiger partial charge in [0.25, 0.3) is 5.56 Å². The van der Waals surface area contributed by atoms with E-state index in [-0.39, 0.29) is 23.2 Å². The number of nitrogens with zero attached hydrogens (tertiary/aromatic N) is 4. The van der Waals surface area contributed by atoms with Gasteiger partial charge in [-0.2, -0.15) is 5.10 Å². The highest BCUT2D eigenvalue weighted by atomic mass is 19.1. The van der Waals surface area contributed by atoms with E-state index < -0.39 is 0 Å². The first-order chi connectivity index (χ1) is 18.1. The van der Waals surface area contributed by atoms with Crippen LogP contribution in [0, 0.1) is 12.7 Å². The van der Waals surface area contributed by atoms with Crippen LogP contribution in [0.15, 0.2) is 76.4 Å². The Kier molecular flexibility index (Phi) is 7.92. The zero-order chi connectivity index (χ0) is 27.6. The number of hydrogen-bond acceptors (Lipinski definition) is 6. The fourth-order valence-corrected chi connectivity index (χ4v) is 4.99. The molecule has 0 saturated heterocycles. The average Bonchev–Trinajstić information content (AvgIpc) is 2.88. The molecule has 1 atom stereocenters. The highest BCUT2D eigenvalue weighted by Gasteiger charge is 2.25. The van der Waals surface area contributed by atoms with Crippen LogP contribution < -0.4 is 10.9 Å². The number of benzene rings is 1. The number of allylic oxidation sites excluding steroid dienone is 4. The van der Waals surface area contributed by atoms with Crippen molar-refractivity contribution in [2.75, 3.05) is 32.5 Å². The van der Waals surface area contributed by atoms with Crippen LogP contribution in [0.3, 0.4) is 0 Å². The molecule has 198 valence electrons. The molecular weight excluding hydrogens is 481 g/mol. The van der Waals surface area contributed by atoms with E-state index in [1.54, 1.807) is 42.2 Å². The van der Waals surface area contributed by atoms with E-state index in [0.717, 1.165) is 29.1 Å². The van der Waals surface area contributed by atoms with Crippen LogP contribution in [0.5, 0.6) is 0 Å². The fourth-order valence-electron chi connectivity index (χ4n) is 4.99. The summed E-state index contributed by atoms with van der Waals surface area (Å²) in [6.07, 6.45) is 9.89. The Bertz CT molecular complexity index is 1440. The number of Topliss-reactive ketones (excluding diaryl/α,β-unsaturated/α-hetero) is 1. The molecule has 1 aromatic heterocycles. The molecule has 0 radical (unpaired) electrons. The number of hydrazone groups is 1. The van der Waals surface area contributed by atoms with E-state index >= 15 is 0 Å². The number of aryl methyl sites for hydroxylation is 1. The van der Waals surface area contributed by atoms with Crippen LogP contribution in [0.25, 0.3) is 11.3 Å². The van der Waals surface area contributed by atoms with Gasteiger partial charge >= 0.3 is 0 Å². The molecule has 2 aliphatic heterocycles. The second-order valence-electron chi connectivity index (χ2n) is 9.66. The van der Waals surface area contributed by atoms with Gasteiger partial charge in [0, 0.05) is 68.5 Å². The third-order valence-corrected chi connectivity index (χ3v) is 7.20. The predicted octanol–water partition coefficient (Wildman–Crippen LogP) is 4.93. The van der Waals surface area contributed by atoms with E-state index in [9.17, 15) is 14.0 Å². The molecule has 1 unspecified atom stereocenters. The molecule has 7 nitrogen and oxygen atoms in total. The maximum absolute atomic E-state index is 14.9. The summed E-state index contributed by atoms with van der Waals surface area (Å²) in [5.74, 6) is -0.497. The molecule has 2 aromatic rings. The van der Waals surface area contributed by atoms with Crippen LogP contribution in [-0.4, -0.2) is 59.7 Å². The minimum absolute atomic E-state index is 0.0135. The highest BCUT2D eigenvalue weighted by Crippen LogP contribution is 2.31. The molecular formula is C30H34FN5O2. The first-order valence-corrected chi connectivity index (χ1v) is 12.6. The van der Waals surface area contributed by atoms with Crippen molar-refractivity contribution in [2.45, 2.75) is 33.2 Å². The summed E-state index contributed by atoms with van der Waals surface area (Å²) in [6.45, 7) is 11.0. The molecule has 1 N–H and O–H groups in total. The van der Waals surface area contributed by atoms with E-state index in [2.05, 4.69) is 34.9 Å². The van der Waals surface area contributed by atoms with Gasteiger partial charge in [0.2, 0.25) is 0 Å². The molecule has 3 heterocycles. The van der Waals surface area contributed by atoms with Gasteiger partial charge in [0.1, 0.15) is 5.82 Å². The second kappa shape index (κ2) is 11.1. The lowest BCUT2D eigenvalue weighted by molar-refractivity contribution is 0.101. The van der Waals surface area contributed by atoms with Crippen LogP contribution in [0.1, 0.15) is 41.8 Å². The van der Waals surface area contributed by atoms with Crippen molar-refractivity contribution in [3.63, 3.8) is 0 Å². The van der Waals surface area contributed by atoms with Crippen LogP contribution >= 0.6 is 0 Å². The smallest absolute Gasteiger partial charge is 0.257 e. The summed E-state index contributed by atoms with van der Waals surface area (Å²) in [6, 6.07) is 6.46. The van der Waals surface area contributed by atoms with Gasteiger partial charge in [0.15, 0.2) is 5.78 Å². The summed E-state index contributed by atoms with van der Waals surface area (Å²) >= 11 is 0. The first kappa shape index (κ1) is 27.0. The number of rotatable bonds is 6. The van der Waals surface area contributed by atoms with Crippen molar-refractivity contribution in [3.8, 4) is 0 Å². The topological polar surface area (TPSA) is 69.9 Å². The predicted molar refractivity (Wildman–Crippen MR) is 153 cm³/mol. The third-order valence-electron chi connectivity index (χ3n) is 7.20. The highest BCUT2D eigenvalue weighted by molar-refractivity contribution is 5.94. The van der Waals surface area contributed by atoms with Crippen molar-refractivity contribution >= 4 is 29.0 Å². The zero-order valence-corrected chi connectivity index (χ0v) is 22.6. The van der Waals surface area contributed by atoms with Crippen molar-refractivity contribution in [1.82, 2.24) is 14.5 Å². The van der Waals surface area contributed by atoms with Crippen molar-refractivity contribution in [3.05, 3.63) is 99.4 Å². The molecule has 38 heavy (non-hydrogen) atoms. The van der Waals surface area contributed by atoms with E-state index in [0.29, 0.717) is 35.4 Å². The number of hydrogen-bond donors (Lipinski definition) is 1. The Morgan fingerprint density at radius 3 is 2.63 bits per heavy atom. The zero-order valence-electron chi connectivity index (χ0n) is 22.6. The second-order valence-corrected chi connectivity index (χ2v) is 9.66. The number of anilines is 1. The van der Waals surface area contributed by atoms with Gasteiger partial charge in [-0.25, -0.2) is 4.39 Å². The van der Waals surface area contributed by atoms with Crippen LogP contribution in [-0.2, 0) is 0 Å².